The van der Waals surface area contributed by atoms with Crippen LogP contribution in [0.4, 0.5) is 10.1 Å². The molecular formula is C20H19FN2O2S. The normalized spacial score (nSPS) is 10.6. The summed E-state index contributed by atoms with van der Waals surface area (Å²) in [7, 11) is 0. The fraction of sp³-hybridized carbons (Fsp3) is 0.200. The number of aryl methyl sites for hydroxylation is 2. The number of anilines is 1. The van der Waals surface area contributed by atoms with E-state index in [9.17, 15) is 9.18 Å². The number of amides is 1. The number of benzene rings is 2. The summed E-state index contributed by atoms with van der Waals surface area (Å²) >= 11 is 1.45. The minimum Gasteiger partial charge on any atom is -0.486 e. The van der Waals surface area contributed by atoms with Crippen LogP contribution in [-0.2, 0) is 17.8 Å². The van der Waals surface area contributed by atoms with E-state index in [1.165, 1.54) is 23.0 Å². The van der Waals surface area contributed by atoms with Gasteiger partial charge in [0, 0.05) is 11.1 Å². The maximum Gasteiger partial charge on any atom is 0.230 e. The van der Waals surface area contributed by atoms with Gasteiger partial charge in [0.15, 0.2) is 0 Å². The van der Waals surface area contributed by atoms with E-state index in [1.807, 2.05) is 36.6 Å². The smallest absolute Gasteiger partial charge is 0.230 e. The zero-order chi connectivity index (χ0) is 18.5. The van der Waals surface area contributed by atoms with Crippen LogP contribution >= 0.6 is 11.3 Å². The number of halogens is 1. The van der Waals surface area contributed by atoms with Crippen LogP contribution in [0.25, 0.3) is 0 Å². The maximum atomic E-state index is 13.5. The summed E-state index contributed by atoms with van der Waals surface area (Å²) in [4.78, 5) is 16.5. The molecule has 6 heteroatoms. The molecule has 134 valence electrons. The van der Waals surface area contributed by atoms with Crippen molar-refractivity contribution >= 4 is 22.9 Å². The predicted molar refractivity (Wildman–Crippen MR) is 101 cm³/mol. The Bertz CT molecular complexity index is 906. The standard InChI is InChI=1S/C20H19FN2O2S/c1-13-3-7-17(8-4-13)25-11-20-23-16(12-26-20)10-19(24)22-15-6-5-14(2)18(21)9-15/h3-9,12H,10-11H2,1-2H3,(H,22,24). The van der Waals surface area contributed by atoms with Gasteiger partial charge in [-0.3, -0.25) is 4.79 Å². The van der Waals surface area contributed by atoms with Crippen molar-refractivity contribution in [3.63, 3.8) is 0 Å². The van der Waals surface area contributed by atoms with Gasteiger partial charge in [0.2, 0.25) is 5.91 Å². The first-order chi connectivity index (χ1) is 12.5. The van der Waals surface area contributed by atoms with Gasteiger partial charge < -0.3 is 10.1 Å². The van der Waals surface area contributed by atoms with Crippen LogP contribution in [-0.4, -0.2) is 10.9 Å². The topological polar surface area (TPSA) is 51.2 Å². The lowest BCUT2D eigenvalue weighted by Crippen LogP contribution is -2.14. The number of aromatic nitrogens is 1. The van der Waals surface area contributed by atoms with Crippen molar-refractivity contribution in [1.82, 2.24) is 4.98 Å². The summed E-state index contributed by atoms with van der Waals surface area (Å²) in [6, 6.07) is 12.4. The molecule has 2 aromatic carbocycles. The molecule has 0 unspecified atom stereocenters. The molecule has 0 aliphatic rings. The molecule has 26 heavy (non-hydrogen) atoms. The van der Waals surface area contributed by atoms with Crippen LogP contribution in [0.15, 0.2) is 47.8 Å². The molecule has 1 heterocycles. The summed E-state index contributed by atoms with van der Waals surface area (Å²) in [6.45, 7) is 4.06. The lowest BCUT2D eigenvalue weighted by atomic mass is 10.2. The Labute approximate surface area is 155 Å². The fourth-order valence-electron chi connectivity index (χ4n) is 2.32. The monoisotopic (exact) mass is 370 g/mol. The third-order valence-electron chi connectivity index (χ3n) is 3.78. The molecule has 0 saturated carbocycles. The van der Waals surface area contributed by atoms with E-state index in [-0.39, 0.29) is 18.1 Å². The quantitative estimate of drug-likeness (QED) is 0.687. The van der Waals surface area contributed by atoms with Crippen LogP contribution in [0.3, 0.4) is 0 Å². The molecule has 1 N–H and O–H groups in total. The van der Waals surface area contributed by atoms with Gasteiger partial charge in [-0.25, -0.2) is 9.37 Å². The van der Waals surface area contributed by atoms with Gasteiger partial charge in [0.25, 0.3) is 0 Å². The van der Waals surface area contributed by atoms with Gasteiger partial charge in [-0.15, -0.1) is 11.3 Å². The molecule has 0 fully saturated rings. The highest BCUT2D eigenvalue weighted by atomic mass is 32.1. The lowest BCUT2D eigenvalue weighted by Gasteiger charge is -2.05. The van der Waals surface area contributed by atoms with Gasteiger partial charge in [0.05, 0.1) is 12.1 Å². The van der Waals surface area contributed by atoms with E-state index >= 15 is 0 Å². The predicted octanol–water partition coefficient (Wildman–Crippen LogP) is 4.66. The summed E-state index contributed by atoms with van der Waals surface area (Å²) < 4.78 is 19.2. The highest BCUT2D eigenvalue weighted by Gasteiger charge is 2.10. The molecule has 4 nitrogen and oxygen atoms in total. The maximum absolute atomic E-state index is 13.5. The first-order valence-electron chi connectivity index (χ1n) is 8.18. The number of carbonyl (C=O) groups is 1. The Morgan fingerprint density at radius 1 is 1.19 bits per heavy atom. The SMILES string of the molecule is Cc1ccc(OCc2nc(CC(=O)Nc3ccc(C)c(F)c3)cs2)cc1. The Kier molecular flexibility index (Phi) is 5.63. The largest absolute Gasteiger partial charge is 0.486 e. The van der Waals surface area contributed by atoms with E-state index < -0.39 is 0 Å². The molecule has 3 rings (SSSR count). The molecule has 1 amide bonds. The summed E-state index contributed by atoms with van der Waals surface area (Å²) in [6.07, 6.45) is 0.135. The van der Waals surface area contributed by atoms with Crippen molar-refractivity contribution in [1.29, 1.82) is 0 Å². The molecule has 0 aliphatic heterocycles. The van der Waals surface area contributed by atoms with Crippen LogP contribution in [0.1, 0.15) is 21.8 Å². The zero-order valence-electron chi connectivity index (χ0n) is 14.6. The van der Waals surface area contributed by atoms with E-state index in [0.29, 0.717) is 23.6 Å². The Balaban J connectivity index is 1.53. The molecular weight excluding hydrogens is 351 g/mol. The van der Waals surface area contributed by atoms with Crippen molar-refractivity contribution in [3.05, 3.63) is 75.5 Å². The molecule has 0 spiro atoms. The van der Waals surface area contributed by atoms with Gasteiger partial charge in [0.1, 0.15) is 23.2 Å². The molecule has 0 radical (unpaired) electrons. The summed E-state index contributed by atoms with van der Waals surface area (Å²) in [5.41, 5.74) is 2.83. The second-order valence-electron chi connectivity index (χ2n) is 6.02. The second kappa shape index (κ2) is 8.10. The van der Waals surface area contributed by atoms with Gasteiger partial charge >= 0.3 is 0 Å². The lowest BCUT2D eigenvalue weighted by molar-refractivity contribution is -0.115. The molecule has 1 aromatic heterocycles. The average molecular weight is 370 g/mol. The van der Waals surface area contributed by atoms with Gasteiger partial charge in [-0.2, -0.15) is 0 Å². The molecule has 3 aromatic rings. The minimum absolute atomic E-state index is 0.135. The first-order valence-corrected chi connectivity index (χ1v) is 9.06. The van der Waals surface area contributed by atoms with Crippen molar-refractivity contribution in [2.24, 2.45) is 0 Å². The molecule has 0 aliphatic carbocycles. The first kappa shape index (κ1) is 18.1. The van der Waals surface area contributed by atoms with E-state index in [0.717, 1.165) is 10.8 Å². The van der Waals surface area contributed by atoms with Gasteiger partial charge in [-0.05, 0) is 43.7 Å². The molecule has 0 bridgehead atoms. The van der Waals surface area contributed by atoms with Crippen molar-refractivity contribution in [2.75, 3.05) is 5.32 Å². The number of ether oxygens (including phenoxy) is 1. The number of thiazole rings is 1. The zero-order valence-corrected chi connectivity index (χ0v) is 15.4. The number of nitrogens with one attached hydrogen (secondary N) is 1. The average Bonchev–Trinajstić information content (AvgIpc) is 3.05. The van der Waals surface area contributed by atoms with E-state index in [4.69, 9.17) is 4.74 Å². The summed E-state index contributed by atoms with van der Waals surface area (Å²) in [5, 5.41) is 5.32. The number of rotatable bonds is 6. The molecule has 0 atom stereocenters. The third kappa shape index (κ3) is 4.89. The minimum atomic E-state index is -0.341. The number of carbonyl (C=O) groups excluding carboxylic acids is 1. The highest BCUT2D eigenvalue weighted by Crippen LogP contribution is 2.17. The number of hydrogen-bond acceptors (Lipinski definition) is 4. The van der Waals surface area contributed by atoms with Gasteiger partial charge in [-0.1, -0.05) is 23.8 Å². The van der Waals surface area contributed by atoms with Crippen molar-refractivity contribution in [3.8, 4) is 5.75 Å². The molecule has 0 saturated heterocycles. The second-order valence-corrected chi connectivity index (χ2v) is 6.97. The Morgan fingerprint density at radius 3 is 2.69 bits per heavy atom. The number of hydrogen-bond donors (Lipinski definition) is 1. The van der Waals surface area contributed by atoms with Crippen LogP contribution in [0.2, 0.25) is 0 Å². The number of nitrogens with zero attached hydrogens (tertiary/aromatic N) is 1. The fourth-order valence-corrected chi connectivity index (χ4v) is 3.02. The van der Waals surface area contributed by atoms with Crippen LogP contribution in [0.5, 0.6) is 5.75 Å². The van der Waals surface area contributed by atoms with E-state index in [1.54, 1.807) is 19.1 Å². The Hall–Kier alpha value is -2.73. The van der Waals surface area contributed by atoms with E-state index in [2.05, 4.69) is 10.3 Å². The Morgan fingerprint density at radius 2 is 1.96 bits per heavy atom. The van der Waals surface area contributed by atoms with Crippen LogP contribution < -0.4 is 10.1 Å². The van der Waals surface area contributed by atoms with Crippen molar-refractivity contribution < 1.29 is 13.9 Å². The van der Waals surface area contributed by atoms with Crippen LogP contribution in [0, 0.1) is 19.7 Å². The summed E-state index contributed by atoms with van der Waals surface area (Å²) in [5.74, 6) is 0.211. The highest BCUT2D eigenvalue weighted by molar-refractivity contribution is 7.09. The van der Waals surface area contributed by atoms with Crippen molar-refractivity contribution in [2.45, 2.75) is 26.9 Å². The third-order valence-corrected chi connectivity index (χ3v) is 4.65.